The molecule has 0 spiro atoms. The zero-order valence-corrected chi connectivity index (χ0v) is 14.1. The Balaban J connectivity index is 2.01. The molecule has 2 bridgehead atoms. The SMILES string of the molecule is N#CC1(C#N)[C@@H](c2ccccn2)O[C@@]23CCCCC[C@H]2[C@]1(C#N)C(=N)O3. The monoisotopic (exact) mass is 347 g/mol. The molecule has 4 rings (SSSR count). The van der Waals surface area contributed by atoms with Crippen molar-refractivity contribution < 1.29 is 9.47 Å². The molecule has 0 unspecified atom stereocenters. The minimum absolute atomic E-state index is 0.326. The van der Waals surface area contributed by atoms with Gasteiger partial charge in [0.2, 0.25) is 17.1 Å². The van der Waals surface area contributed by atoms with Gasteiger partial charge in [0.05, 0.1) is 29.8 Å². The lowest BCUT2D eigenvalue weighted by Crippen LogP contribution is -2.59. The minimum atomic E-state index is -1.90. The second kappa shape index (κ2) is 5.53. The molecule has 1 aromatic heterocycles. The molecule has 3 aliphatic rings. The largest absolute Gasteiger partial charge is 0.447 e. The predicted octanol–water partition coefficient (Wildman–Crippen LogP) is 2.98. The highest BCUT2D eigenvalue weighted by Crippen LogP contribution is 2.68. The first-order chi connectivity index (χ1) is 12.6. The van der Waals surface area contributed by atoms with Crippen LogP contribution in [-0.4, -0.2) is 16.7 Å². The molecule has 1 N–H and O–H groups in total. The summed E-state index contributed by atoms with van der Waals surface area (Å²) >= 11 is 0. The fraction of sp³-hybridized carbons (Fsp3) is 0.526. The lowest BCUT2D eigenvalue weighted by Gasteiger charge is -2.49. The van der Waals surface area contributed by atoms with Gasteiger partial charge in [-0.1, -0.05) is 18.9 Å². The first kappa shape index (κ1) is 16.5. The average molecular weight is 347 g/mol. The second-order valence-corrected chi connectivity index (χ2v) is 7.10. The molecule has 7 heteroatoms. The van der Waals surface area contributed by atoms with Gasteiger partial charge in [0.15, 0.2) is 5.41 Å². The van der Waals surface area contributed by atoms with Gasteiger partial charge in [0.25, 0.3) is 0 Å². The van der Waals surface area contributed by atoms with Crippen LogP contribution in [0, 0.1) is 56.2 Å². The van der Waals surface area contributed by atoms with E-state index in [4.69, 9.17) is 14.9 Å². The molecular formula is C19H17N5O2. The predicted molar refractivity (Wildman–Crippen MR) is 87.9 cm³/mol. The van der Waals surface area contributed by atoms with Crippen LogP contribution >= 0.6 is 0 Å². The molecule has 1 aromatic rings. The summed E-state index contributed by atoms with van der Waals surface area (Å²) in [6.45, 7) is 0. The third kappa shape index (κ3) is 1.72. The Morgan fingerprint density at radius 1 is 1.12 bits per heavy atom. The summed E-state index contributed by atoms with van der Waals surface area (Å²) in [5, 5.41) is 38.8. The molecule has 1 saturated carbocycles. The molecule has 2 aliphatic heterocycles. The van der Waals surface area contributed by atoms with Crippen LogP contribution in [0.15, 0.2) is 24.4 Å². The number of ether oxygens (including phenoxy) is 2. The molecule has 3 heterocycles. The van der Waals surface area contributed by atoms with Crippen molar-refractivity contribution in [3.63, 3.8) is 0 Å². The molecule has 1 aliphatic carbocycles. The lowest BCUT2D eigenvalue weighted by atomic mass is 9.53. The number of nitrogens with zero attached hydrogens (tertiary/aromatic N) is 4. The summed E-state index contributed by atoms with van der Waals surface area (Å²) in [7, 11) is 0. The summed E-state index contributed by atoms with van der Waals surface area (Å²) in [4.78, 5) is 4.28. The van der Waals surface area contributed by atoms with Crippen molar-refractivity contribution in [3.8, 4) is 18.2 Å². The average Bonchev–Trinajstić information content (AvgIpc) is 2.81. The topological polar surface area (TPSA) is 127 Å². The normalized spacial score (nSPS) is 37.2. The van der Waals surface area contributed by atoms with E-state index in [9.17, 15) is 15.8 Å². The number of nitrogens with one attached hydrogen (secondary N) is 1. The quantitative estimate of drug-likeness (QED) is 0.832. The lowest BCUT2D eigenvalue weighted by molar-refractivity contribution is -0.285. The Morgan fingerprint density at radius 3 is 2.58 bits per heavy atom. The number of rotatable bonds is 1. The number of aromatic nitrogens is 1. The summed E-state index contributed by atoms with van der Waals surface area (Å²) in [5.74, 6) is -1.99. The third-order valence-corrected chi connectivity index (χ3v) is 6.02. The van der Waals surface area contributed by atoms with Crippen LogP contribution in [-0.2, 0) is 9.47 Å². The van der Waals surface area contributed by atoms with Gasteiger partial charge < -0.3 is 9.47 Å². The summed E-state index contributed by atoms with van der Waals surface area (Å²) in [5.41, 5.74) is -3.17. The third-order valence-electron chi connectivity index (χ3n) is 6.02. The van der Waals surface area contributed by atoms with E-state index < -0.39 is 28.6 Å². The molecule has 7 nitrogen and oxygen atoms in total. The van der Waals surface area contributed by atoms with Gasteiger partial charge in [0, 0.05) is 12.6 Å². The first-order valence-electron chi connectivity index (χ1n) is 8.71. The van der Waals surface area contributed by atoms with E-state index in [2.05, 4.69) is 11.1 Å². The van der Waals surface area contributed by atoms with Gasteiger partial charge in [-0.25, -0.2) is 0 Å². The van der Waals surface area contributed by atoms with Crippen LogP contribution in [0.4, 0.5) is 0 Å². The van der Waals surface area contributed by atoms with Crippen molar-refractivity contribution in [1.29, 1.82) is 21.2 Å². The Morgan fingerprint density at radius 2 is 1.92 bits per heavy atom. The van der Waals surface area contributed by atoms with E-state index in [1.165, 1.54) is 0 Å². The van der Waals surface area contributed by atoms with Crippen LogP contribution in [0.25, 0.3) is 0 Å². The standard InChI is InChI=1S/C19H17N5O2/c20-10-17(11-21)15(13-6-3-5-9-24-13)25-19-8-4-1-2-7-14(19)18(17,12-22)16(23)26-19/h3,5-6,9,14-15,23H,1-2,4,7-8H2/t14-,15+,18+,19+/m0/s1. The van der Waals surface area contributed by atoms with E-state index in [1.807, 2.05) is 12.1 Å². The maximum Gasteiger partial charge on any atom is 0.217 e. The number of hydrogen-bond donors (Lipinski definition) is 1. The van der Waals surface area contributed by atoms with Crippen LogP contribution in [0.5, 0.6) is 0 Å². The minimum Gasteiger partial charge on any atom is -0.447 e. The van der Waals surface area contributed by atoms with E-state index in [0.717, 1.165) is 19.3 Å². The Kier molecular flexibility index (Phi) is 3.51. The van der Waals surface area contributed by atoms with E-state index in [-0.39, 0.29) is 5.90 Å². The molecule has 0 radical (unpaired) electrons. The van der Waals surface area contributed by atoms with Crippen molar-refractivity contribution in [2.45, 2.75) is 44.0 Å². The van der Waals surface area contributed by atoms with Crippen molar-refractivity contribution >= 4 is 5.90 Å². The molecule has 0 amide bonds. The fourth-order valence-electron chi connectivity index (χ4n) is 4.83. The maximum absolute atomic E-state index is 10.2. The number of nitriles is 3. The maximum atomic E-state index is 10.2. The first-order valence-corrected chi connectivity index (χ1v) is 8.71. The highest BCUT2D eigenvalue weighted by Gasteiger charge is 2.80. The molecule has 2 saturated heterocycles. The summed E-state index contributed by atoms with van der Waals surface area (Å²) in [6, 6.07) is 11.4. The molecule has 0 aromatic carbocycles. The van der Waals surface area contributed by atoms with Crippen LogP contribution < -0.4 is 0 Å². The fourth-order valence-corrected chi connectivity index (χ4v) is 4.83. The van der Waals surface area contributed by atoms with Gasteiger partial charge >= 0.3 is 0 Å². The molecular weight excluding hydrogens is 330 g/mol. The Hall–Kier alpha value is -2.95. The van der Waals surface area contributed by atoms with E-state index in [0.29, 0.717) is 18.5 Å². The van der Waals surface area contributed by atoms with Gasteiger partial charge in [-0.2, -0.15) is 15.8 Å². The van der Waals surface area contributed by atoms with Crippen LogP contribution in [0.3, 0.4) is 0 Å². The second-order valence-electron chi connectivity index (χ2n) is 7.10. The molecule has 26 heavy (non-hydrogen) atoms. The smallest absolute Gasteiger partial charge is 0.217 e. The van der Waals surface area contributed by atoms with Crippen LogP contribution in [0.2, 0.25) is 0 Å². The van der Waals surface area contributed by atoms with Crippen molar-refractivity contribution in [3.05, 3.63) is 30.1 Å². The van der Waals surface area contributed by atoms with Crippen LogP contribution in [0.1, 0.15) is 43.9 Å². The Labute approximate surface area is 151 Å². The van der Waals surface area contributed by atoms with E-state index >= 15 is 0 Å². The highest BCUT2D eigenvalue weighted by molar-refractivity contribution is 5.89. The van der Waals surface area contributed by atoms with Crippen molar-refractivity contribution in [1.82, 2.24) is 4.98 Å². The zero-order chi connectivity index (χ0) is 18.4. The van der Waals surface area contributed by atoms with Gasteiger partial charge in [-0.05, 0) is 25.0 Å². The van der Waals surface area contributed by atoms with E-state index in [1.54, 1.807) is 24.4 Å². The molecule has 4 atom stereocenters. The zero-order valence-electron chi connectivity index (χ0n) is 14.1. The van der Waals surface area contributed by atoms with Gasteiger partial charge in [0.1, 0.15) is 6.10 Å². The highest BCUT2D eigenvalue weighted by atomic mass is 16.7. The Bertz CT molecular complexity index is 866. The van der Waals surface area contributed by atoms with Gasteiger partial charge in [-0.3, -0.25) is 10.4 Å². The number of pyridine rings is 1. The molecule has 130 valence electrons. The van der Waals surface area contributed by atoms with Crippen molar-refractivity contribution in [2.75, 3.05) is 0 Å². The summed E-state index contributed by atoms with van der Waals surface area (Å²) < 4.78 is 12.2. The molecule has 3 fully saturated rings. The summed E-state index contributed by atoms with van der Waals surface area (Å²) in [6.07, 6.45) is 4.25. The van der Waals surface area contributed by atoms with Crippen molar-refractivity contribution in [2.24, 2.45) is 16.7 Å². The van der Waals surface area contributed by atoms with Gasteiger partial charge in [-0.15, -0.1) is 0 Å². The number of hydrogen-bond acceptors (Lipinski definition) is 7.